The van der Waals surface area contributed by atoms with Crippen LogP contribution in [0.3, 0.4) is 0 Å². The Labute approximate surface area is 147 Å². The van der Waals surface area contributed by atoms with Crippen molar-refractivity contribution in [1.29, 1.82) is 0 Å². The standard InChI is InChI=1S/C15H17N5O2S2/c1-9(13(21)19-7-6-16-14(19)22)24-15-18-17-12(11-3-2-8-23-11)20(15)10-4-5-10/h2-3,8-10H,4-7H2,1H3,(H,16,22)/t9-/m1/s1. The van der Waals surface area contributed by atoms with Gasteiger partial charge in [0, 0.05) is 19.1 Å². The van der Waals surface area contributed by atoms with Gasteiger partial charge in [-0.2, -0.15) is 0 Å². The van der Waals surface area contributed by atoms with Crippen molar-refractivity contribution < 1.29 is 9.59 Å². The summed E-state index contributed by atoms with van der Waals surface area (Å²) in [7, 11) is 0. The molecular formula is C15H17N5O2S2. The Hall–Kier alpha value is -1.87. The Morgan fingerprint density at radius 2 is 2.29 bits per heavy atom. The first-order valence-corrected chi connectivity index (χ1v) is 9.65. The molecule has 4 rings (SSSR count). The van der Waals surface area contributed by atoms with E-state index in [1.807, 2.05) is 24.4 Å². The molecule has 1 aliphatic heterocycles. The molecule has 2 aromatic heterocycles. The van der Waals surface area contributed by atoms with Gasteiger partial charge in [-0.05, 0) is 31.2 Å². The second kappa shape index (κ2) is 6.21. The van der Waals surface area contributed by atoms with Gasteiger partial charge in [0.2, 0.25) is 5.91 Å². The molecule has 0 spiro atoms. The first kappa shape index (κ1) is 15.6. The summed E-state index contributed by atoms with van der Waals surface area (Å²) in [6.07, 6.45) is 2.22. The number of imide groups is 1. The minimum atomic E-state index is -0.383. The number of amides is 3. The molecule has 3 amide bonds. The Kier molecular flexibility index (Phi) is 4.05. The number of urea groups is 1. The van der Waals surface area contributed by atoms with E-state index >= 15 is 0 Å². The molecule has 0 bridgehead atoms. The summed E-state index contributed by atoms with van der Waals surface area (Å²) in [5, 5.41) is 13.7. The molecular weight excluding hydrogens is 346 g/mol. The molecule has 0 unspecified atom stereocenters. The highest BCUT2D eigenvalue weighted by Gasteiger charge is 2.34. The lowest BCUT2D eigenvalue weighted by Crippen LogP contribution is -2.39. The van der Waals surface area contributed by atoms with Crippen molar-refractivity contribution in [2.24, 2.45) is 0 Å². The van der Waals surface area contributed by atoms with Crippen LogP contribution in [0, 0.1) is 0 Å². The number of carbonyl (C=O) groups excluding carboxylic acids is 2. The van der Waals surface area contributed by atoms with E-state index in [0.717, 1.165) is 28.7 Å². The van der Waals surface area contributed by atoms with Crippen molar-refractivity contribution in [3.05, 3.63) is 17.5 Å². The van der Waals surface area contributed by atoms with Gasteiger partial charge in [-0.15, -0.1) is 21.5 Å². The monoisotopic (exact) mass is 363 g/mol. The Morgan fingerprint density at radius 1 is 1.46 bits per heavy atom. The minimum Gasteiger partial charge on any atom is -0.336 e. The molecule has 1 N–H and O–H groups in total. The first-order chi connectivity index (χ1) is 11.6. The van der Waals surface area contributed by atoms with Gasteiger partial charge in [0.25, 0.3) is 0 Å². The highest BCUT2D eigenvalue weighted by molar-refractivity contribution is 8.00. The molecule has 3 heterocycles. The smallest absolute Gasteiger partial charge is 0.324 e. The van der Waals surface area contributed by atoms with Crippen LogP contribution in [0.1, 0.15) is 25.8 Å². The second-order valence-electron chi connectivity index (χ2n) is 5.87. The quantitative estimate of drug-likeness (QED) is 0.825. The second-order valence-corrected chi connectivity index (χ2v) is 8.12. The molecule has 7 nitrogen and oxygen atoms in total. The number of thioether (sulfide) groups is 1. The van der Waals surface area contributed by atoms with Gasteiger partial charge in [0.05, 0.1) is 10.1 Å². The summed E-state index contributed by atoms with van der Waals surface area (Å²) in [6.45, 7) is 2.76. The van der Waals surface area contributed by atoms with Gasteiger partial charge in [0.1, 0.15) is 0 Å². The van der Waals surface area contributed by atoms with Gasteiger partial charge in [-0.25, -0.2) is 4.79 Å². The fourth-order valence-electron chi connectivity index (χ4n) is 2.70. The Bertz CT molecular complexity index is 769. The van der Waals surface area contributed by atoms with E-state index in [4.69, 9.17) is 0 Å². The summed E-state index contributed by atoms with van der Waals surface area (Å²) >= 11 is 3.01. The SMILES string of the molecule is C[C@@H](Sc1nnc(-c2cccs2)n1C1CC1)C(=O)N1CCNC1=O. The molecule has 1 saturated heterocycles. The lowest BCUT2D eigenvalue weighted by molar-refractivity contribution is -0.126. The number of nitrogens with one attached hydrogen (secondary N) is 1. The largest absolute Gasteiger partial charge is 0.336 e. The van der Waals surface area contributed by atoms with Gasteiger partial charge < -0.3 is 5.32 Å². The number of nitrogens with zero attached hydrogens (tertiary/aromatic N) is 4. The molecule has 2 aromatic rings. The van der Waals surface area contributed by atoms with Crippen LogP contribution in [0.5, 0.6) is 0 Å². The number of hydrogen-bond acceptors (Lipinski definition) is 6. The van der Waals surface area contributed by atoms with Crippen molar-refractivity contribution in [2.75, 3.05) is 13.1 Å². The summed E-state index contributed by atoms with van der Waals surface area (Å²) in [6, 6.07) is 4.13. The molecule has 9 heteroatoms. The Morgan fingerprint density at radius 3 is 2.92 bits per heavy atom. The van der Waals surface area contributed by atoms with Crippen LogP contribution in [0.2, 0.25) is 0 Å². The zero-order valence-electron chi connectivity index (χ0n) is 13.1. The summed E-state index contributed by atoms with van der Waals surface area (Å²) in [4.78, 5) is 26.5. The van der Waals surface area contributed by atoms with E-state index in [1.54, 1.807) is 11.3 Å². The van der Waals surface area contributed by atoms with Crippen LogP contribution < -0.4 is 5.32 Å². The van der Waals surface area contributed by atoms with Gasteiger partial charge in [0.15, 0.2) is 11.0 Å². The van der Waals surface area contributed by atoms with E-state index in [-0.39, 0.29) is 17.2 Å². The van der Waals surface area contributed by atoms with Crippen molar-refractivity contribution in [1.82, 2.24) is 25.0 Å². The number of thiophene rings is 1. The molecule has 24 heavy (non-hydrogen) atoms. The topological polar surface area (TPSA) is 80.1 Å². The number of hydrogen-bond donors (Lipinski definition) is 1. The van der Waals surface area contributed by atoms with E-state index in [2.05, 4.69) is 20.1 Å². The van der Waals surface area contributed by atoms with Crippen molar-refractivity contribution in [3.8, 4) is 10.7 Å². The minimum absolute atomic E-state index is 0.182. The van der Waals surface area contributed by atoms with Gasteiger partial charge in [-0.1, -0.05) is 17.8 Å². The Balaban J connectivity index is 1.56. The van der Waals surface area contributed by atoms with E-state index in [0.29, 0.717) is 19.1 Å². The fraction of sp³-hybridized carbons (Fsp3) is 0.467. The highest BCUT2D eigenvalue weighted by Crippen LogP contribution is 2.42. The van der Waals surface area contributed by atoms with Crippen LogP contribution in [-0.2, 0) is 4.79 Å². The number of carbonyl (C=O) groups is 2. The van der Waals surface area contributed by atoms with Crippen LogP contribution in [0.25, 0.3) is 10.7 Å². The average Bonchev–Trinajstić information content (AvgIpc) is 2.98. The maximum atomic E-state index is 12.5. The molecule has 2 aliphatic rings. The average molecular weight is 363 g/mol. The molecule has 1 atom stereocenters. The third-order valence-electron chi connectivity index (χ3n) is 4.07. The molecule has 126 valence electrons. The fourth-order valence-corrected chi connectivity index (χ4v) is 4.39. The van der Waals surface area contributed by atoms with E-state index in [1.165, 1.54) is 16.7 Å². The normalized spacial score (nSPS) is 18.7. The van der Waals surface area contributed by atoms with Crippen molar-refractivity contribution >= 4 is 35.0 Å². The van der Waals surface area contributed by atoms with E-state index in [9.17, 15) is 9.59 Å². The van der Waals surface area contributed by atoms with Crippen LogP contribution in [-0.4, -0.2) is 49.9 Å². The molecule has 2 fully saturated rings. The zero-order chi connectivity index (χ0) is 16.7. The maximum absolute atomic E-state index is 12.5. The summed E-state index contributed by atoms with van der Waals surface area (Å²) in [5.41, 5.74) is 0. The molecule has 1 aliphatic carbocycles. The molecule has 0 aromatic carbocycles. The van der Waals surface area contributed by atoms with Crippen molar-refractivity contribution in [2.45, 2.75) is 36.2 Å². The van der Waals surface area contributed by atoms with E-state index < -0.39 is 0 Å². The van der Waals surface area contributed by atoms with Crippen LogP contribution in [0.15, 0.2) is 22.7 Å². The summed E-state index contributed by atoms with van der Waals surface area (Å²) in [5.74, 6) is 0.687. The van der Waals surface area contributed by atoms with Crippen molar-refractivity contribution in [3.63, 3.8) is 0 Å². The van der Waals surface area contributed by atoms with Gasteiger partial charge >= 0.3 is 6.03 Å². The van der Waals surface area contributed by atoms with Crippen LogP contribution >= 0.6 is 23.1 Å². The molecule has 1 saturated carbocycles. The third kappa shape index (κ3) is 2.82. The predicted molar refractivity (Wildman–Crippen MR) is 92.0 cm³/mol. The number of rotatable bonds is 5. The van der Waals surface area contributed by atoms with Crippen LogP contribution in [0.4, 0.5) is 4.79 Å². The zero-order valence-corrected chi connectivity index (χ0v) is 14.8. The molecule has 0 radical (unpaired) electrons. The lowest BCUT2D eigenvalue weighted by Gasteiger charge is -2.17. The van der Waals surface area contributed by atoms with Gasteiger partial charge in [-0.3, -0.25) is 14.3 Å². The first-order valence-electron chi connectivity index (χ1n) is 7.90. The summed E-state index contributed by atoms with van der Waals surface area (Å²) < 4.78 is 2.14. The predicted octanol–water partition coefficient (Wildman–Crippen LogP) is 2.37. The third-order valence-corrected chi connectivity index (χ3v) is 5.98. The highest BCUT2D eigenvalue weighted by atomic mass is 32.2. The maximum Gasteiger partial charge on any atom is 0.324 e. The lowest BCUT2D eigenvalue weighted by atomic mass is 10.4. The number of aromatic nitrogens is 3.